The van der Waals surface area contributed by atoms with Crippen LogP contribution < -0.4 is 5.73 Å². The highest BCUT2D eigenvalue weighted by atomic mass is 35.5. The van der Waals surface area contributed by atoms with Crippen LogP contribution in [0.2, 0.25) is 10.0 Å². The second kappa shape index (κ2) is 5.37. The van der Waals surface area contributed by atoms with Crippen LogP contribution in [0.25, 0.3) is 11.3 Å². The lowest BCUT2D eigenvalue weighted by Gasteiger charge is -2.10. The minimum Gasteiger partial charge on any atom is -0.476 e. The summed E-state index contributed by atoms with van der Waals surface area (Å²) in [5.74, 6) is -1.30. The lowest BCUT2D eigenvalue weighted by atomic mass is 10.1. The molecular weight excluding hydrogens is 301 g/mol. The van der Waals surface area contributed by atoms with Crippen LogP contribution in [0.4, 0.5) is 5.69 Å². The van der Waals surface area contributed by atoms with Gasteiger partial charge in [0.05, 0.1) is 33.1 Å². The number of nitrogen functional groups attached to an aromatic ring is 1. The number of carboxylic acids is 1. The summed E-state index contributed by atoms with van der Waals surface area (Å²) >= 11 is 11.9. The van der Waals surface area contributed by atoms with Crippen molar-refractivity contribution in [1.29, 1.82) is 5.26 Å². The van der Waals surface area contributed by atoms with E-state index in [0.29, 0.717) is 11.1 Å². The maximum atomic E-state index is 11.1. The van der Waals surface area contributed by atoms with Crippen LogP contribution in [0.1, 0.15) is 16.1 Å². The molecule has 5 nitrogen and oxygen atoms in total. The maximum absolute atomic E-state index is 11.1. The number of rotatable bonds is 2. The molecule has 0 atom stereocenters. The number of nitrogens with zero attached hydrogens (tertiary/aromatic N) is 2. The van der Waals surface area contributed by atoms with Gasteiger partial charge in [-0.3, -0.25) is 0 Å². The van der Waals surface area contributed by atoms with Gasteiger partial charge in [0.1, 0.15) is 0 Å². The Morgan fingerprint density at radius 1 is 1.25 bits per heavy atom. The Morgan fingerprint density at radius 2 is 1.85 bits per heavy atom. The largest absolute Gasteiger partial charge is 0.476 e. The third kappa shape index (κ3) is 2.39. The summed E-state index contributed by atoms with van der Waals surface area (Å²) in [4.78, 5) is 15.0. The van der Waals surface area contributed by atoms with Crippen molar-refractivity contribution >= 4 is 34.9 Å². The first kappa shape index (κ1) is 14.1. The van der Waals surface area contributed by atoms with Crippen molar-refractivity contribution in [3.63, 3.8) is 0 Å². The van der Waals surface area contributed by atoms with Crippen molar-refractivity contribution in [3.05, 3.63) is 45.6 Å². The number of pyridine rings is 1. The van der Waals surface area contributed by atoms with E-state index in [2.05, 4.69) is 4.98 Å². The average molecular weight is 308 g/mol. The van der Waals surface area contributed by atoms with E-state index in [0.717, 1.165) is 0 Å². The first-order chi connectivity index (χ1) is 9.45. The van der Waals surface area contributed by atoms with Gasteiger partial charge in [0.2, 0.25) is 0 Å². The van der Waals surface area contributed by atoms with Crippen molar-refractivity contribution in [2.75, 3.05) is 5.73 Å². The molecule has 0 aliphatic heterocycles. The normalized spacial score (nSPS) is 10.1. The molecule has 20 heavy (non-hydrogen) atoms. The summed E-state index contributed by atoms with van der Waals surface area (Å²) in [6.45, 7) is 0. The van der Waals surface area contributed by atoms with Gasteiger partial charge in [-0.1, -0.05) is 35.3 Å². The van der Waals surface area contributed by atoms with E-state index in [1.807, 2.05) is 6.07 Å². The fraction of sp³-hybridized carbons (Fsp3) is 0. The predicted octanol–water partition coefficient (Wildman–Crippen LogP) is 3.21. The van der Waals surface area contributed by atoms with E-state index in [1.54, 1.807) is 24.3 Å². The monoisotopic (exact) mass is 307 g/mol. The van der Waals surface area contributed by atoms with Crippen molar-refractivity contribution in [3.8, 4) is 17.3 Å². The number of anilines is 1. The number of hydrogen-bond donors (Lipinski definition) is 2. The summed E-state index contributed by atoms with van der Waals surface area (Å²) < 4.78 is 0. The fourth-order valence-electron chi connectivity index (χ4n) is 1.60. The summed E-state index contributed by atoms with van der Waals surface area (Å²) in [7, 11) is 0. The van der Waals surface area contributed by atoms with E-state index in [-0.39, 0.29) is 27.1 Å². The van der Waals surface area contributed by atoms with Gasteiger partial charge in [0.25, 0.3) is 0 Å². The molecule has 2 rings (SSSR count). The Bertz CT molecular complexity index is 737. The van der Waals surface area contributed by atoms with E-state index >= 15 is 0 Å². The lowest BCUT2D eigenvalue weighted by molar-refractivity contribution is 0.0691. The molecule has 3 N–H and O–H groups in total. The molecule has 7 heteroatoms. The molecule has 1 heterocycles. The molecule has 0 saturated carbocycles. The molecule has 2 aromatic rings. The van der Waals surface area contributed by atoms with Crippen molar-refractivity contribution in [2.24, 2.45) is 0 Å². The van der Waals surface area contributed by atoms with Crippen LogP contribution in [0, 0.1) is 11.3 Å². The molecule has 0 unspecified atom stereocenters. The second-order valence-corrected chi connectivity index (χ2v) is 4.60. The standard InChI is InChI=1S/C13H7Cl2N3O2/c14-8-10(17)9(15)12(13(19)20)18-11(8)7-3-1-6(5-16)2-4-7/h1-4H,(H2,17,18)(H,19,20). The summed E-state index contributed by atoms with van der Waals surface area (Å²) in [5, 5.41) is 17.7. The van der Waals surface area contributed by atoms with E-state index in [9.17, 15) is 4.79 Å². The minimum absolute atomic E-state index is 0.0416. The molecule has 0 spiro atoms. The van der Waals surface area contributed by atoms with Gasteiger partial charge in [0, 0.05) is 5.56 Å². The van der Waals surface area contributed by atoms with Gasteiger partial charge in [-0.15, -0.1) is 0 Å². The zero-order chi connectivity index (χ0) is 14.9. The molecule has 0 amide bonds. The fourth-order valence-corrected chi connectivity index (χ4v) is 2.11. The molecule has 0 saturated heterocycles. The highest BCUT2D eigenvalue weighted by Crippen LogP contribution is 2.36. The Hall–Kier alpha value is -2.29. The summed E-state index contributed by atoms with van der Waals surface area (Å²) in [6.07, 6.45) is 0. The Labute approximate surface area is 124 Å². The highest BCUT2D eigenvalue weighted by Gasteiger charge is 2.20. The molecular formula is C13H7Cl2N3O2. The van der Waals surface area contributed by atoms with Crippen LogP contribution in [-0.4, -0.2) is 16.1 Å². The summed E-state index contributed by atoms with van der Waals surface area (Å²) in [6, 6.07) is 8.32. The Morgan fingerprint density at radius 3 is 2.35 bits per heavy atom. The molecule has 0 radical (unpaired) electrons. The summed E-state index contributed by atoms with van der Waals surface area (Å²) in [5.41, 5.74) is 6.49. The molecule has 0 aliphatic carbocycles. The highest BCUT2D eigenvalue weighted by molar-refractivity contribution is 6.41. The SMILES string of the molecule is N#Cc1ccc(-c2nc(C(=O)O)c(Cl)c(N)c2Cl)cc1. The van der Waals surface area contributed by atoms with Crippen LogP contribution in [0.15, 0.2) is 24.3 Å². The van der Waals surface area contributed by atoms with Gasteiger partial charge in [-0.05, 0) is 12.1 Å². The maximum Gasteiger partial charge on any atom is 0.356 e. The van der Waals surface area contributed by atoms with Crippen molar-refractivity contribution in [1.82, 2.24) is 4.98 Å². The van der Waals surface area contributed by atoms with Crippen molar-refractivity contribution in [2.45, 2.75) is 0 Å². The molecule has 1 aromatic heterocycles. The zero-order valence-corrected chi connectivity index (χ0v) is 11.4. The molecule has 0 fully saturated rings. The molecule has 1 aromatic carbocycles. The van der Waals surface area contributed by atoms with E-state index < -0.39 is 5.97 Å². The third-order valence-electron chi connectivity index (χ3n) is 2.60. The molecule has 100 valence electrons. The van der Waals surface area contributed by atoms with Gasteiger partial charge < -0.3 is 10.8 Å². The first-order valence-electron chi connectivity index (χ1n) is 5.34. The number of nitrogens with two attached hydrogens (primary N) is 1. The third-order valence-corrected chi connectivity index (χ3v) is 3.37. The number of benzene rings is 1. The Kier molecular flexibility index (Phi) is 3.79. The molecule has 0 aliphatic rings. The Balaban J connectivity index is 2.67. The number of aromatic carboxylic acids is 1. The number of carbonyl (C=O) groups is 1. The number of halogens is 2. The van der Waals surface area contributed by atoms with Gasteiger partial charge in [-0.2, -0.15) is 5.26 Å². The number of nitriles is 1. The molecule has 0 bridgehead atoms. The first-order valence-corrected chi connectivity index (χ1v) is 6.09. The van der Waals surface area contributed by atoms with Gasteiger partial charge in [-0.25, -0.2) is 9.78 Å². The van der Waals surface area contributed by atoms with Gasteiger partial charge in [0.15, 0.2) is 5.69 Å². The van der Waals surface area contributed by atoms with Crippen molar-refractivity contribution < 1.29 is 9.90 Å². The van der Waals surface area contributed by atoms with Crippen LogP contribution >= 0.6 is 23.2 Å². The smallest absolute Gasteiger partial charge is 0.356 e. The van der Waals surface area contributed by atoms with E-state index in [4.69, 9.17) is 39.3 Å². The minimum atomic E-state index is -1.30. The van der Waals surface area contributed by atoms with Crippen LogP contribution in [0.3, 0.4) is 0 Å². The second-order valence-electron chi connectivity index (χ2n) is 3.84. The number of carboxylic acid groups (broad SMARTS) is 1. The quantitative estimate of drug-likeness (QED) is 0.887. The predicted molar refractivity (Wildman–Crippen MR) is 75.8 cm³/mol. The van der Waals surface area contributed by atoms with Gasteiger partial charge >= 0.3 is 5.97 Å². The average Bonchev–Trinajstić information content (AvgIpc) is 2.45. The van der Waals surface area contributed by atoms with Crippen LogP contribution in [0.5, 0.6) is 0 Å². The zero-order valence-electron chi connectivity index (χ0n) is 9.89. The number of aromatic nitrogens is 1. The number of hydrogen-bond acceptors (Lipinski definition) is 4. The topological polar surface area (TPSA) is 100 Å². The van der Waals surface area contributed by atoms with E-state index in [1.165, 1.54) is 0 Å². The van der Waals surface area contributed by atoms with Crippen LogP contribution in [-0.2, 0) is 0 Å². The lowest BCUT2D eigenvalue weighted by Crippen LogP contribution is -2.06.